The minimum Gasteiger partial charge on any atom is -0.490 e. The van der Waals surface area contributed by atoms with Gasteiger partial charge in [-0.3, -0.25) is 4.79 Å². The third-order valence-electron chi connectivity index (χ3n) is 3.34. The van der Waals surface area contributed by atoms with Crippen molar-refractivity contribution in [3.8, 4) is 11.5 Å². The molecule has 2 rings (SSSR count). The first-order valence-corrected chi connectivity index (χ1v) is 8.12. The minimum atomic E-state index is -1.13. The van der Waals surface area contributed by atoms with Crippen LogP contribution in [-0.4, -0.2) is 30.2 Å². The van der Waals surface area contributed by atoms with Crippen LogP contribution in [0, 0.1) is 5.82 Å². The molecule has 2 N–H and O–H groups in total. The van der Waals surface area contributed by atoms with Crippen LogP contribution in [0.2, 0.25) is 5.02 Å². The van der Waals surface area contributed by atoms with Crippen molar-refractivity contribution in [3.63, 3.8) is 0 Å². The summed E-state index contributed by atoms with van der Waals surface area (Å²) in [6.45, 7) is 1.44. The second-order valence-electron chi connectivity index (χ2n) is 5.16. The fourth-order valence-electron chi connectivity index (χ4n) is 2.15. The summed E-state index contributed by atoms with van der Waals surface area (Å²) in [7, 11) is 0. The van der Waals surface area contributed by atoms with Crippen LogP contribution < -0.4 is 14.8 Å². The monoisotopic (exact) mass is 381 g/mol. The Morgan fingerprint density at radius 2 is 1.96 bits per heavy atom. The topological polar surface area (TPSA) is 84.9 Å². The van der Waals surface area contributed by atoms with Crippen LogP contribution in [-0.2, 0) is 11.3 Å². The Morgan fingerprint density at radius 3 is 2.62 bits per heavy atom. The summed E-state index contributed by atoms with van der Waals surface area (Å²) in [6.07, 6.45) is 0. The fourth-order valence-corrected chi connectivity index (χ4v) is 2.38. The largest absolute Gasteiger partial charge is 0.490 e. The van der Waals surface area contributed by atoms with Crippen LogP contribution in [0.1, 0.15) is 22.8 Å². The van der Waals surface area contributed by atoms with Crippen molar-refractivity contribution in [1.82, 2.24) is 5.32 Å². The SMILES string of the molecule is CCOc1cc(C(=O)NCc2c(F)cccc2Cl)ccc1OCC(=O)O. The molecule has 0 fully saturated rings. The molecular weight excluding hydrogens is 365 g/mol. The van der Waals surface area contributed by atoms with E-state index in [9.17, 15) is 14.0 Å². The van der Waals surface area contributed by atoms with Gasteiger partial charge in [0.25, 0.3) is 5.91 Å². The third-order valence-corrected chi connectivity index (χ3v) is 3.70. The van der Waals surface area contributed by atoms with Gasteiger partial charge < -0.3 is 19.9 Å². The second kappa shape index (κ2) is 9.05. The van der Waals surface area contributed by atoms with Gasteiger partial charge in [0, 0.05) is 22.7 Å². The first-order valence-electron chi connectivity index (χ1n) is 7.75. The predicted octanol–water partition coefficient (Wildman–Crippen LogP) is 3.27. The molecule has 1 amide bonds. The summed E-state index contributed by atoms with van der Waals surface area (Å²) in [6, 6.07) is 8.60. The molecule has 0 atom stereocenters. The Hall–Kier alpha value is -2.80. The van der Waals surface area contributed by atoms with Crippen LogP contribution in [0.15, 0.2) is 36.4 Å². The van der Waals surface area contributed by atoms with E-state index in [0.717, 1.165) is 0 Å². The molecule has 138 valence electrons. The zero-order valence-corrected chi connectivity index (χ0v) is 14.7. The van der Waals surface area contributed by atoms with E-state index in [2.05, 4.69) is 5.32 Å². The Bertz CT molecular complexity index is 792. The van der Waals surface area contributed by atoms with E-state index in [0.29, 0.717) is 6.61 Å². The van der Waals surface area contributed by atoms with E-state index >= 15 is 0 Å². The van der Waals surface area contributed by atoms with Crippen molar-refractivity contribution in [2.45, 2.75) is 13.5 Å². The molecule has 2 aromatic rings. The minimum absolute atomic E-state index is 0.0778. The summed E-state index contributed by atoms with van der Waals surface area (Å²) < 4.78 is 24.3. The van der Waals surface area contributed by atoms with Gasteiger partial charge in [-0.1, -0.05) is 17.7 Å². The van der Waals surface area contributed by atoms with E-state index in [1.807, 2.05) is 0 Å². The number of hydrogen-bond donors (Lipinski definition) is 2. The first kappa shape index (κ1) is 19.5. The van der Waals surface area contributed by atoms with Gasteiger partial charge in [0.1, 0.15) is 5.82 Å². The standard InChI is InChI=1S/C18H17ClFNO5/c1-2-25-16-8-11(6-7-15(16)26-10-17(22)23)18(24)21-9-12-13(19)4-3-5-14(12)20/h3-8H,2,9-10H2,1H3,(H,21,24)(H,22,23). The molecule has 0 radical (unpaired) electrons. The molecule has 0 saturated heterocycles. The lowest BCUT2D eigenvalue weighted by Crippen LogP contribution is -2.23. The van der Waals surface area contributed by atoms with Gasteiger partial charge in [-0.25, -0.2) is 9.18 Å². The van der Waals surface area contributed by atoms with E-state index in [1.165, 1.54) is 36.4 Å². The number of benzene rings is 2. The van der Waals surface area contributed by atoms with Gasteiger partial charge in [0.05, 0.1) is 6.61 Å². The maximum absolute atomic E-state index is 13.8. The molecule has 0 spiro atoms. The molecule has 0 heterocycles. The second-order valence-corrected chi connectivity index (χ2v) is 5.57. The normalized spacial score (nSPS) is 10.3. The molecule has 0 saturated carbocycles. The van der Waals surface area contributed by atoms with E-state index < -0.39 is 24.3 Å². The van der Waals surface area contributed by atoms with Crippen molar-refractivity contribution in [3.05, 3.63) is 58.4 Å². The fraction of sp³-hybridized carbons (Fsp3) is 0.222. The van der Waals surface area contributed by atoms with Gasteiger partial charge in [-0.2, -0.15) is 0 Å². The maximum Gasteiger partial charge on any atom is 0.341 e. The highest BCUT2D eigenvalue weighted by Gasteiger charge is 2.14. The Labute approximate surface area is 154 Å². The number of hydrogen-bond acceptors (Lipinski definition) is 4. The average molecular weight is 382 g/mol. The number of ether oxygens (including phenoxy) is 2. The molecule has 8 heteroatoms. The maximum atomic E-state index is 13.8. The van der Waals surface area contributed by atoms with Crippen molar-refractivity contribution >= 4 is 23.5 Å². The Kier molecular flexibility index (Phi) is 6.80. The molecule has 0 unspecified atom stereocenters. The number of carbonyl (C=O) groups excluding carboxylic acids is 1. The molecule has 0 aliphatic rings. The van der Waals surface area contributed by atoms with Crippen molar-refractivity contribution in [1.29, 1.82) is 0 Å². The first-order chi connectivity index (χ1) is 12.4. The molecule has 0 aliphatic carbocycles. The van der Waals surface area contributed by atoms with Crippen LogP contribution in [0.4, 0.5) is 4.39 Å². The quantitative estimate of drug-likeness (QED) is 0.733. The number of carboxylic acids is 1. The molecular formula is C18H17ClFNO5. The number of halogens is 2. The van der Waals surface area contributed by atoms with Gasteiger partial charge in [0.15, 0.2) is 18.1 Å². The van der Waals surface area contributed by atoms with Gasteiger partial charge in [0.2, 0.25) is 0 Å². The number of carbonyl (C=O) groups is 2. The predicted molar refractivity (Wildman–Crippen MR) is 93.3 cm³/mol. The average Bonchev–Trinajstić information content (AvgIpc) is 2.60. The van der Waals surface area contributed by atoms with Crippen LogP contribution in [0.3, 0.4) is 0 Å². The highest BCUT2D eigenvalue weighted by atomic mass is 35.5. The number of aliphatic carboxylic acids is 1. The summed E-state index contributed by atoms with van der Waals surface area (Å²) in [5.41, 5.74) is 0.442. The lowest BCUT2D eigenvalue weighted by Gasteiger charge is -2.13. The number of nitrogens with one attached hydrogen (secondary N) is 1. The van der Waals surface area contributed by atoms with Crippen LogP contribution in [0.25, 0.3) is 0 Å². The number of amides is 1. The lowest BCUT2D eigenvalue weighted by atomic mass is 10.1. The van der Waals surface area contributed by atoms with E-state index in [1.54, 1.807) is 6.92 Å². The van der Waals surface area contributed by atoms with E-state index in [-0.39, 0.29) is 34.2 Å². The molecule has 0 bridgehead atoms. The molecule has 26 heavy (non-hydrogen) atoms. The Morgan fingerprint density at radius 1 is 1.19 bits per heavy atom. The Balaban J connectivity index is 2.12. The zero-order valence-electron chi connectivity index (χ0n) is 13.9. The third kappa shape index (κ3) is 5.10. The highest BCUT2D eigenvalue weighted by Crippen LogP contribution is 2.28. The van der Waals surface area contributed by atoms with Gasteiger partial charge in [-0.05, 0) is 37.3 Å². The number of rotatable bonds is 8. The van der Waals surface area contributed by atoms with Crippen LogP contribution in [0.5, 0.6) is 11.5 Å². The molecule has 0 aliphatic heterocycles. The van der Waals surface area contributed by atoms with Crippen molar-refractivity contribution in [2.75, 3.05) is 13.2 Å². The van der Waals surface area contributed by atoms with Crippen molar-refractivity contribution < 1.29 is 28.6 Å². The van der Waals surface area contributed by atoms with Gasteiger partial charge in [-0.15, -0.1) is 0 Å². The number of carboxylic acid groups (broad SMARTS) is 1. The molecule has 0 aromatic heterocycles. The molecule has 2 aromatic carbocycles. The smallest absolute Gasteiger partial charge is 0.341 e. The molecule has 6 nitrogen and oxygen atoms in total. The lowest BCUT2D eigenvalue weighted by molar-refractivity contribution is -0.139. The van der Waals surface area contributed by atoms with Gasteiger partial charge >= 0.3 is 5.97 Å². The summed E-state index contributed by atoms with van der Waals surface area (Å²) in [5, 5.41) is 11.5. The highest BCUT2D eigenvalue weighted by molar-refractivity contribution is 6.31. The zero-order chi connectivity index (χ0) is 19.1. The summed E-state index contributed by atoms with van der Waals surface area (Å²) in [5.74, 6) is -1.65. The van der Waals surface area contributed by atoms with Crippen molar-refractivity contribution in [2.24, 2.45) is 0 Å². The summed E-state index contributed by atoms with van der Waals surface area (Å²) in [4.78, 5) is 22.9. The van der Waals surface area contributed by atoms with Crippen LogP contribution >= 0.6 is 11.6 Å². The summed E-state index contributed by atoms with van der Waals surface area (Å²) >= 11 is 5.93. The van der Waals surface area contributed by atoms with E-state index in [4.69, 9.17) is 26.2 Å².